The Bertz CT molecular complexity index is 537. The molecule has 0 radical (unpaired) electrons. The highest BCUT2D eigenvalue weighted by Crippen LogP contribution is 2.22. The van der Waals surface area contributed by atoms with Crippen LogP contribution >= 0.6 is 0 Å². The average molecular weight is 251 g/mol. The third-order valence-electron chi connectivity index (χ3n) is 2.67. The Kier molecular flexibility index (Phi) is 3.55. The summed E-state index contributed by atoms with van der Waals surface area (Å²) in [5.74, 6) is -1.59. The molecule has 0 heterocycles. The molecule has 2 rings (SSSR count). The Labute approximate surface area is 103 Å². The van der Waals surface area contributed by atoms with E-state index in [1.54, 1.807) is 12.1 Å². The van der Waals surface area contributed by atoms with Crippen LogP contribution in [0.1, 0.15) is 18.5 Å². The van der Waals surface area contributed by atoms with E-state index in [2.05, 4.69) is 5.32 Å². The van der Waals surface area contributed by atoms with Crippen LogP contribution in [0.3, 0.4) is 0 Å². The molecule has 0 bridgehead atoms. The molecular weight excluding hydrogens is 239 g/mol. The molecule has 0 fully saturated rings. The van der Waals surface area contributed by atoms with Gasteiger partial charge in [0, 0.05) is 12.1 Å². The highest BCUT2D eigenvalue weighted by Gasteiger charge is 2.09. The number of hydrogen-bond acceptors (Lipinski definition) is 1. The zero-order valence-corrected chi connectivity index (χ0v) is 9.75. The Morgan fingerprint density at radius 2 is 1.50 bits per heavy atom. The van der Waals surface area contributed by atoms with Crippen molar-refractivity contribution >= 4 is 5.69 Å². The molecule has 1 unspecified atom stereocenters. The van der Waals surface area contributed by atoms with Gasteiger partial charge in [0.25, 0.3) is 0 Å². The number of halogens is 3. The zero-order chi connectivity index (χ0) is 13.1. The fraction of sp³-hybridized carbons (Fsp3) is 0.143. The highest BCUT2D eigenvalue weighted by molar-refractivity contribution is 5.46. The second kappa shape index (κ2) is 5.12. The van der Waals surface area contributed by atoms with Crippen LogP contribution in [0.4, 0.5) is 18.9 Å². The Hall–Kier alpha value is -1.97. The first-order chi connectivity index (χ1) is 8.56. The predicted octanol–water partition coefficient (Wildman–Crippen LogP) is 4.28. The molecule has 1 N–H and O–H groups in total. The summed E-state index contributed by atoms with van der Waals surface area (Å²) in [6.07, 6.45) is 0. The van der Waals surface area contributed by atoms with Crippen LogP contribution in [0.15, 0.2) is 42.5 Å². The lowest BCUT2D eigenvalue weighted by atomic mass is 10.1. The summed E-state index contributed by atoms with van der Waals surface area (Å²) in [5.41, 5.74) is 1.04. The van der Waals surface area contributed by atoms with Crippen molar-refractivity contribution in [1.82, 2.24) is 0 Å². The summed E-state index contributed by atoms with van der Waals surface area (Å²) in [6.45, 7) is 1.82. The second-order valence-electron chi connectivity index (χ2n) is 4.04. The first-order valence-corrected chi connectivity index (χ1v) is 5.53. The molecule has 0 aliphatic carbocycles. The molecule has 18 heavy (non-hydrogen) atoms. The first kappa shape index (κ1) is 12.5. The van der Waals surface area contributed by atoms with Gasteiger partial charge in [0.05, 0.1) is 5.69 Å². The van der Waals surface area contributed by atoms with Gasteiger partial charge in [0.2, 0.25) is 0 Å². The predicted molar refractivity (Wildman–Crippen MR) is 64.8 cm³/mol. The molecule has 94 valence electrons. The molecule has 1 atom stereocenters. The molecule has 0 spiro atoms. The Morgan fingerprint density at radius 3 is 2.11 bits per heavy atom. The van der Waals surface area contributed by atoms with Crippen molar-refractivity contribution in [3.8, 4) is 0 Å². The molecule has 0 aliphatic rings. The normalized spacial score (nSPS) is 12.2. The number of rotatable bonds is 3. The van der Waals surface area contributed by atoms with Crippen molar-refractivity contribution in [1.29, 1.82) is 0 Å². The smallest absolute Gasteiger partial charge is 0.149 e. The van der Waals surface area contributed by atoms with Crippen molar-refractivity contribution in [2.75, 3.05) is 5.32 Å². The molecule has 0 aromatic heterocycles. The maximum Gasteiger partial charge on any atom is 0.149 e. The van der Waals surface area contributed by atoms with Crippen molar-refractivity contribution < 1.29 is 13.2 Å². The lowest BCUT2D eigenvalue weighted by Crippen LogP contribution is -2.08. The van der Waals surface area contributed by atoms with Gasteiger partial charge in [0.15, 0.2) is 0 Å². The second-order valence-corrected chi connectivity index (χ2v) is 4.04. The molecule has 4 heteroatoms. The highest BCUT2D eigenvalue weighted by atomic mass is 19.1. The summed E-state index contributed by atoms with van der Waals surface area (Å²) in [4.78, 5) is 0. The third kappa shape index (κ3) is 2.83. The van der Waals surface area contributed by atoms with Crippen LogP contribution in [0, 0.1) is 17.5 Å². The van der Waals surface area contributed by atoms with E-state index in [0.717, 1.165) is 11.6 Å². The fourth-order valence-electron chi connectivity index (χ4n) is 1.67. The van der Waals surface area contributed by atoms with E-state index in [1.807, 2.05) is 6.92 Å². The summed E-state index contributed by atoms with van der Waals surface area (Å²) in [7, 11) is 0. The van der Waals surface area contributed by atoms with Crippen molar-refractivity contribution in [2.24, 2.45) is 0 Å². The Morgan fingerprint density at radius 1 is 0.889 bits per heavy atom. The van der Waals surface area contributed by atoms with E-state index in [0.29, 0.717) is 0 Å². The zero-order valence-electron chi connectivity index (χ0n) is 9.75. The fourth-order valence-corrected chi connectivity index (χ4v) is 1.67. The minimum atomic E-state index is -0.649. The van der Waals surface area contributed by atoms with Gasteiger partial charge in [-0.1, -0.05) is 12.1 Å². The monoisotopic (exact) mass is 251 g/mol. The van der Waals surface area contributed by atoms with Crippen LogP contribution in [0.2, 0.25) is 0 Å². The lowest BCUT2D eigenvalue weighted by Gasteiger charge is -2.16. The maximum absolute atomic E-state index is 13.4. The van der Waals surface area contributed by atoms with Gasteiger partial charge in [0.1, 0.15) is 17.5 Å². The lowest BCUT2D eigenvalue weighted by molar-refractivity contribution is 0.583. The number of anilines is 1. The van der Waals surface area contributed by atoms with Gasteiger partial charge in [-0.15, -0.1) is 0 Å². The summed E-state index contributed by atoms with van der Waals surface area (Å²) in [5, 5.41) is 2.91. The maximum atomic E-state index is 13.4. The van der Waals surface area contributed by atoms with Crippen LogP contribution in [0.5, 0.6) is 0 Å². The van der Waals surface area contributed by atoms with Crippen LogP contribution < -0.4 is 5.32 Å². The minimum absolute atomic E-state index is 0.203. The largest absolute Gasteiger partial charge is 0.376 e. The van der Waals surface area contributed by atoms with Crippen LogP contribution in [-0.2, 0) is 0 Å². The van der Waals surface area contributed by atoms with Crippen molar-refractivity contribution in [3.05, 3.63) is 65.5 Å². The molecule has 0 amide bonds. The molecule has 0 aliphatic heterocycles. The van der Waals surface area contributed by atoms with Crippen molar-refractivity contribution in [2.45, 2.75) is 13.0 Å². The summed E-state index contributed by atoms with van der Waals surface area (Å²) in [6, 6.07) is 9.06. The average Bonchev–Trinajstić information content (AvgIpc) is 2.33. The number of hydrogen-bond donors (Lipinski definition) is 1. The third-order valence-corrected chi connectivity index (χ3v) is 2.67. The van der Waals surface area contributed by atoms with Gasteiger partial charge in [-0.3, -0.25) is 0 Å². The quantitative estimate of drug-likeness (QED) is 0.858. The van der Waals surface area contributed by atoms with E-state index in [-0.39, 0.29) is 17.5 Å². The van der Waals surface area contributed by atoms with E-state index < -0.39 is 11.6 Å². The standard InChI is InChI=1S/C14H12F3N/c1-9(10-2-4-11(15)5-3-10)18-14-7-6-12(16)8-13(14)17/h2-9,18H,1H3. The van der Waals surface area contributed by atoms with E-state index in [1.165, 1.54) is 24.3 Å². The van der Waals surface area contributed by atoms with Gasteiger partial charge < -0.3 is 5.32 Å². The molecule has 0 saturated heterocycles. The van der Waals surface area contributed by atoms with Crippen molar-refractivity contribution in [3.63, 3.8) is 0 Å². The van der Waals surface area contributed by atoms with Crippen LogP contribution in [-0.4, -0.2) is 0 Å². The Balaban J connectivity index is 2.15. The molecule has 0 saturated carbocycles. The molecular formula is C14H12F3N. The number of nitrogens with one attached hydrogen (secondary N) is 1. The SMILES string of the molecule is CC(Nc1ccc(F)cc1F)c1ccc(F)cc1. The van der Waals surface area contributed by atoms with Gasteiger partial charge in [-0.2, -0.15) is 0 Å². The summed E-state index contributed by atoms with van der Waals surface area (Å²) < 4.78 is 38.9. The number of benzene rings is 2. The van der Waals surface area contributed by atoms with Gasteiger partial charge >= 0.3 is 0 Å². The summed E-state index contributed by atoms with van der Waals surface area (Å²) >= 11 is 0. The topological polar surface area (TPSA) is 12.0 Å². The minimum Gasteiger partial charge on any atom is -0.376 e. The molecule has 2 aromatic carbocycles. The van der Waals surface area contributed by atoms with Gasteiger partial charge in [-0.25, -0.2) is 13.2 Å². The van der Waals surface area contributed by atoms with E-state index in [9.17, 15) is 13.2 Å². The van der Waals surface area contributed by atoms with Crippen LogP contribution in [0.25, 0.3) is 0 Å². The molecule has 2 aromatic rings. The van der Waals surface area contributed by atoms with E-state index >= 15 is 0 Å². The van der Waals surface area contributed by atoms with E-state index in [4.69, 9.17) is 0 Å². The first-order valence-electron chi connectivity index (χ1n) is 5.53. The molecule has 1 nitrogen and oxygen atoms in total. The van der Waals surface area contributed by atoms with Gasteiger partial charge in [-0.05, 0) is 36.8 Å².